The van der Waals surface area contributed by atoms with E-state index in [0.29, 0.717) is 0 Å². The van der Waals surface area contributed by atoms with Crippen LogP contribution in [0.25, 0.3) is 0 Å². The summed E-state index contributed by atoms with van der Waals surface area (Å²) in [6, 6.07) is 9.28. The zero-order valence-corrected chi connectivity index (χ0v) is 8.97. The lowest BCUT2D eigenvalue weighted by Crippen LogP contribution is -2.31. The van der Waals surface area contributed by atoms with Gasteiger partial charge >= 0.3 is 0 Å². The standard InChI is InChI=1S/C12H16N2O2/c13-10-6-9(10)12(16)14-7-11(15)8-4-2-1-3-5-8/h1-5,9-11,15H,6-7,13H2,(H,14,16). The first-order chi connectivity index (χ1) is 7.68. The van der Waals surface area contributed by atoms with Gasteiger partial charge < -0.3 is 16.2 Å². The van der Waals surface area contributed by atoms with Gasteiger partial charge in [-0.05, 0) is 12.0 Å². The van der Waals surface area contributed by atoms with E-state index in [9.17, 15) is 9.90 Å². The second kappa shape index (κ2) is 4.63. The lowest BCUT2D eigenvalue weighted by molar-refractivity contribution is -0.122. The quantitative estimate of drug-likeness (QED) is 0.677. The van der Waals surface area contributed by atoms with Crippen molar-refractivity contribution in [3.63, 3.8) is 0 Å². The second-order valence-corrected chi connectivity index (χ2v) is 4.18. The minimum Gasteiger partial charge on any atom is -0.387 e. The Kier molecular flexibility index (Phi) is 3.22. The molecular weight excluding hydrogens is 204 g/mol. The van der Waals surface area contributed by atoms with E-state index < -0.39 is 6.10 Å². The van der Waals surface area contributed by atoms with E-state index >= 15 is 0 Å². The normalized spacial score (nSPS) is 24.9. The summed E-state index contributed by atoms with van der Waals surface area (Å²) in [7, 11) is 0. The van der Waals surface area contributed by atoms with E-state index in [1.54, 1.807) is 0 Å². The molecule has 4 heteroatoms. The van der Waals surface area contributed by atoms with Crippen molar-refractivity contribution >= 4 is 5.91 Å². The number of carbonyl (C=O) groups excluding carboxylic acids is 1. The molecule has 0 saturated heterocycles. The monoisotopic (exact) mass is 220 g/mol. The average molecular weight is 220 g/mol. The molecule has 1 aromatic rings. The molecule has 0 heterocycles. The lowest BCUT2D eigenvalue weighted by Gasteiger charge is -2.11. The summed E-state index contributed by atoms with van der Waals surface area (Å²) in [5.41, 5.74) is 6.37. The summed E-state index contributed by atoms with van der Waals surface area (Å²) in [5, 5.41) is 12.5. The number of hydrogen-bond donors (Lipinski definition) is 3. The molecule has 86 valence electrons. The third-order valence-corrected chi connectivity index (χ3v) is 2.83. The van der Waals surface area contributed by atoms with Gasteiger partial charge in [0.15, 0.2) is 0 Å². The second-order valence-electron chi connectivity index (χ2n) is 4.18. The van der Waals surface area contributed by atoms with Crippen LogP contribution in [0.1, 0.15) is 18.1 Å². The van der Waals surface area contributed by atoms with E-state index in [-0.39, 0.29) is 24.4 Å². The summed E-state index contributed by atoms with van der Waals surface area (Å²) < 4.78 is 0. The molecule has 2 rings (SSSR count). The maximum Gasteiger partial charge on any atom is 0.224 e. The van der Waals surface area contributed by atoms with Crippen LogP contribution in [0, 0.1) is 5.92 Å². The Balaban J connectivity index is 1.80. The van der Waals surface area contributed by atoms with Gasteiger partial charge in [-0.15, -0.1) is 0 Å². The van der Waals surface area contributed by atoms with Crippen molar-refractivity contribution in [2.45, 2.75) is 18.6 Å². The minimum absolute atomic E-state index is 0.00821. The van der Waals surface area contributed by atoms with Gasteiger partial charge in [-0.25, -0.2) is 0 Å². The number of carbonyl (C=O) groups is 1. The van der Waals surface area contributed by atoms with Crippen LogP contribution in [0.3, 0.4) is 0 Å². The fourth-order valence-electron chi connectivity index (χ4n) is 1.64. The number of amides is 1. The molecule has 0 spiro atoms. The van der Waals surface area contributed by atoms with Crippen molar-refractivity contribution in [1.82, 2.24) is 5.32 Å². The smallest absolute Gasteiger partial charge is 0.224 e. The third-order valence-electron chi connectivity index (χ3n) is 2.83. The molecule has 1 aliphatic rings. The molecular formula is C12H16N2O2. The van der Waals surface area contributed by atoms with Gasteiger partial charge in [0.2, 0.25) is 5.91 Å². The topological polar surface area (TPSA) is 75.4 Å². The number of benzene rings is 1. The summed E-state index contributed by atoms with van der Waals surface area (Å²) in [4.78, 5) is 11.4. The van der Waals surface area contributed by atoms with E-state index in [2.05, 4.69) is 5.32 Å². The average Bonchev–Trinajstić information content (AvgIpc) is 3.04. The van der Waals surface area contributed by atoms with Crippen LogP contribution in [-0.4, -0.2) is 23.6 Å². The van der Waals surface area contributed by atoms with Gasteiger partial charge in [-0.1, -0.05) is 30.3 Å². The Hall–Kier alpha value is -1.39. The van der Waals surface area contributed by atoms with Gasteiger partial charge in [-0.2, -0.15) is 0 Å². The number of aliphatic hydroxyl groups is 1. The Morgan fingerprint density at radius 3 is 2.69 bits per heavy atom. The van der Waals surface area contributed by atoms with Crippen LogP contribution in [-0.2, 0) is 4.79 Å². The summed E-state index contributed by atoms with van der Waals surface area (Å²) in [5.74, 6) is -0.106. The Morgan fingerprint density at radius 1 is 1.50 bits per heavy atom. The van der Waals surface area contributed by atoms with Crippen molar-refractivity contribution < 1.29 is 9.90 Å². The van der Waals surface area contributed by atoms with E-state index in [1.807, 2.05) is 30.3 Å². The van der Waals surface area contributed by atoms with Crippen LogP contribution in [0.4, 0.5) is 0 Å². The van der Waals surface area contributed by atoms with Crippen molar-refractivity contribution in [1.29, 1.82) is 0 Å². The van der Waals surface area contributed by atoms with Crippen molar-refractivity contribution in [2.24, 2.45) is 11.7 Å². The molecule has 1 fully saturated rings. The van der Waals surface area contributed by atoms with Gasteiger partial charge in [0.1, 0.15) is 0 Å². The first-order valence-electron chi connectivity index (χ1n) is 5.45. The zero-order valence-electron chi connectivity index (χ0n) is 8.97. The van der Waals surface area contributed by atoms with Crippen LogP contribution in [0.5, 0.6) is 0 Å². The molecule has 0 radical (unpaired) electrons. The highest BCUT2D eigenvalue weighted by Crippen LogP contribution is 2.27. The largest absolute Gasteiger partial charge is 0.387 e. The maximum atomic E-state index is 11.4. The molecule has 1 amide bonds. The lowest BCUT2D eigenvalue weighted by atomic mass is 10.1. The Morgan fingerprint density at radius 2 is 2.12 bits per heavy atom. The number of hydrogen-bond acceptors (Lipinski definition) is 3. The zero-order chi connectivity index (χ0) is 11.5. The molecule has 0 aliphatic heterocycles. The van der Waals surface area contributed by atoms with E-state index in [1.165, 1.54) is 0 Å². The third kappa shape index (κ3) is 2.59. The molecule has 4 nitrogen and oxygen atoms in total. The predicted molar refractivity (Wildman–Crippen MR) is 60.5 cm³/mol. The van der Waals surface area contributed by atoms with Crippen molar-refractivity contribution in [3.05, 3.63) is 35.9 Å². The highest BCUT2D eigenvalue weighted by molar-refractivity contribution is 5.82. The van der Waals surface area contributed by atoms with Crippen LogP contribution in [0.2, 0.25) is 0 Å². The first-order valence-corrected chi connectivity index (χ1v) is 5.45. The summed E-state index contributed by atoms with van der Waals surface area (Å²) >= 11 is 0. The number of aliphatic hydroxyl groups excluding tert-OH is 1. The van der Waals surface area contributed by atoms with Gasteiger partial charge in [-0.3, -0.25) is 4.79 Å². The highest BCUT2D eigenvalue weighted by atomic mass is 16.3. The molecule has 1 aromatic carbocycles. The van der Waals surface area contributed by atoms with Crippen LogP contribution < -0.4 is 11.1 Å². The van der Waals surface area contributed by atoms with Crippen LogP contribution in [0.15, 0.2) is 30.3 Å². The molecule has 0 bridgehead atoms. The van der Waals surface area contributed by atoms with Gasteiger partial charge in [0.25, 0.3) is 0 Å². The maximum absolute atomic E-state index is 11.4. The van der Waals surface area contributed by atoms with Crippen LogP contribution >= 0.6 is 0 Å². The summed E-state index contributed by atoms with van der Waals surface area (Å²) in [6.45, 7) is 0.242. The molecule has 0 aromatic heterocycles. The molecule has 4 N–H and O–H groups in total. The Labute approximate surface area is 94.5 Å². The van der Waals surface area contributed by atoms with E-state index in [0.717, 1.165) is 12.0 Å². The van der Waals surface area contributed by atoms with Crippen molar-refractivity contribution in [2.75, 3.05) is 6.54 Å². The molecule has 16 heavy (non-hydrogen) atoms. The van der Waals surface area contributed by atoms with E-state index in [4.69, 9.17) is 5.73 Å². The van der Waals surface area contributed by atoms with Gasteiger partial charge in [0, 0.05) is 12.6 Å². The SMILES string of the molecule is NC1CC1C(=O)NCC(O)c1ccccc1. The number of rotatable bonds is 4. The Bertz CT molecular complexity index is 367. The first kappa shape index (κ1) is 11.1. The summed E-state index contributed by atoms with van der Waals surface area (Å²) in [6.07, 6.45) is 0.105. The fourth-order valence-corrected chi connectivity index (χ4v) is 1.64. The minimum atomic E-state index is -0.653. The fraction of sp³-hybridized carbons (Fsp3) is 0.417. The molecule has 3 unspecified atom stereocenters. The van der Waals surface area contributed by atoms with Crippen molar-refractivity contribution in [3.8, 4) is 0 Å². The molecule has 1 aliphatic carbocycles. The molecule has 1 saturated carbocycles. The predicted octanol–water partition coefficient (Wildman–Crippen LogP) is 0.183. The van der Waals surface area contributed by atoms with Gasteiger partial charge in [0.05, 0.1) is 12.0 Å². The number of nitrogens with one attached hydrogen (secondary N) is 1. The highest BCUT2D eigenvalue weighted by Gasteiger charge is 2.39. The molecule has 3 atom stereocenters. The number of nitrogens with two attached hydrogens (primary N) is 1.